The highest BCUT2D eigenvalue weighted by Crippen LogP contribution is 2.46. The van der Waals surface area contributed by atoms with Crippen LogP contribution in [0, 0.1) is 10.1 Å². The maximum absolute atomic E-state index is 13.2. The van der Waals surface area contributed by atoms with Crippen LogP contribution in [0.1, 0.15) is 5.56 Å². The SMILES string of the molecule is O=[N+]([O-])c1cccc(C(F)(F)C(F)(F)C(F)F)c1. The van der Waals surface area contributed by atoms with Crippen molar-refractivity contribution >= 4 is 5.69 Å². The van der Waals surface area contributed by atoms with E-state index in [1.807, 2.05) is 0 Å². The minimum Gasteiger partial charge on any atom is -0.258 e. The molecule has 100 valence electrons. The fourth-order valence-corrected chi connectivity index (χ4v) is 1.14. The zero-order valence-corrected chi connectivity index (χ0v) is 8.42. The summed E-state index contributed by atoms with van der Waals surface area (Å²) in [5.74, 6) is -10.8. The highest BCUT2D eigenvalue weighted by Gasteiger charge is 2.63. The van der Waals surface area contributed by atoms with Gasteiger partial charge in [-0.15, -0.1) is 0 Å². The summed E-state index contributed by atoms with van der Waals surface area (Å²) in [7, 11) is 0. The van der Waals surface area contributed by atoms with Crippen LogP contribution in [-0.4, -0.2) is 17.3 Å². The van der Waals surface area contributed by atoms with E-state index in [0.717, 1.165) is 6.07 Å². The molecule has 0 atom stereocenters. The first-order valence-electron chi connectivity index (χ1n) is 4.39. The number of nitro groups is 1. The Morgan fingerprint density at radius 3 is 2.17 bits per heavy atom. The largest absolute Gasteiger partial charge is 0.373 e. The summed E-state index contributed by atoms with van der Waals surface area (Å²) in [5, 5.41) is 10.3. The van der Waals surface area contributed by atoms with Crippen molar-refractivity contribution in [2.75, 3.05) is 0 Å². The number of halogens is 6. The first kappa shape index (κ1) is 14.3. The molecule has 0 saturated heterocycles. The lowest BCUT2D eigenvalue weighted by Gasteiger charge is -2.25. The topological polar surface area (TPSA) is 43.1 Å². The molecule has 0 heterocycles. The summed E-state index contributed by atoms with van der Waals surface area (Å²) in [5.41, 5.74) is -2.43. The Kier molecular flexibility index (Phi) is 3.54. The summed E-state index contributed by atoms with van der Waals surface area (Å²) in [6.07, 6.45) is -4.59. The second-order valence-electron chi connectivity index (χ2n) is 3.31. The Labute approximate surface area is 96.2 Å². The van der Waals surface area contributed by atoms with Gasteiger partial charge in [0, 0.05) is 17.7 Å². The Morgan fingerprint density at radius 1 is 1.17 bits per heavy atom. The van der Waals surface area contributed by atoms with Crippen LogP contribution in [0.3, 0.4) is 0 Å². The number of alkyl halides is 6. The molecule has 1 aromatic carbocycles. The fraction of sp³-hybridized carbons (Fsp3) is 0.333. The van der Waals surface area contributed by atoms with Crippen molar-refractivity contribution in [3.63, 3.8) is 0 Å². The smallest absolute Gasteiger partial charge is 0.258 e. The Hall–Kier alpha value is -1.80. The van der Waals surface area contributed by atoms with Gasteiger partial charge in [-0.1, -0.05) is 12.1 Å². The molecule has 0 aromatic heterocycles. The van der Waals surface area contributed by atoms with Crippen molar-refractivity contribution in [3.05, 3.63) is 39.9 Å². The minimum absolute atomic E-state index is 0.135. The predicted molar refractivity (Wildman–Crippen MR) is 47.9 cm³/mol. The maximum Gasteiger partial charge on any atom is 0.373 e. The van der Waals surface area contributed by atoms with Crippen molar-refractivity contribution in [1.82, 2.24) is 0 Å². The van der Waals surface area contributed by atoms with Crippen molar-refractivity contribution in [2.45, 2.75) is 18.3 Å². The summed E-state index contributed by atoms with van der Waals surface area (Å²) in [6, 6.07) is 2.04. The van der Waals surface area contributed by atoms with Crippen molar-refractivity contribution in [2.24, 2.45) is 0 Å². The van der Waals surface area contributed by atoms with E-state index in [2.05, 4.69) is 0 Å². The lowest BCUT2D eigenvalue weighted by molar-refractivity contribution is -0.385. The molecule has 0 saturated carbocycles. The maximum atomic E-state index is 13.2. The quantitative estimate of drug-likeness (QED) is 0.478. The lowest BCUT2D eigenvalue weighted by Crippen LogP contribution is -2.44. The van der Waals surface area contributed by atoms with Crippen LogP contribution >= 0.6 is 0 Å². The van der Waals surface area contributed by atoms with Crippen molar-refractivity contribution in [1.29, 1.82) is 0 Å². The molecule has 3 nitrogen and oxygen atoms in total. The molecule has 9 heteroatoms. The second kappa shape index (κ2) is 4.46. The van der Waals surface area contributed by atoms with Crippen LogP contribution < -0.4 is 0 Å². The molecule has 0 radical (unpaired) electrons. The first-order chi connectivity index (χ1) is 8.10. The zero-order valence-electron chi connectivity index (χ0n) is 8.42. The van der Waals surface area contributed by atoms with E-state index in [1.54, 1.807) is 0 Å². The molecule has 0 fully saturated rings. The number of hydrogen-bond donors (Lipinski definition) is 0. The number of benzene rings is 1. The molecule has 1 aromatic rings. The molecule has 0 bridgehead atoms. The second-order valence-corrected chi connectivity index (χ2v) is 3.31. The highest BCUT2D eigenvalue weighted by atomic mass is 19.3. The summed E-state index contributed by atoms with van der Waals surface area (Å²) >= 11 is 0. The van der Waals surface area contributed by atoms with Gasteiger partial charge < -0.3 is 0 Å². The Bertz CT molecular complexity index is 462. The summed E-state index contributed by atoms with van der Waals surface area (Å²) in [4.78, 5) is 9.19. The van der Waals surface area contributed by atoms with Crippen LogP contribution in [0.25, 0.3) is 0 Å². The number of nitrogens with zero attached hydrogens (tertiary/aromatic N) is 1. The monoisotopic (exact) mass is 273 g/mol. The van der Waals surface area contributed by atoms with Gasteiger partial charge in [-0.3, -0.25) is 10.1 Å². The normalized spacial score (nSPS) is 12.8. The summed E-state index contributed by atoms with van der Waals surface area (Å²) in [6.45, 7) is 0. The number of hydrogen-bond acceptors (Lipinski definition) is 2. The third kappa shape index (κ3) is 2.24. The highest BCUT2D eigenvalue weighted by molar-refractivity contribution is 5.37. The number of rotatable bonds is 4. The van der Waals surface area contributed by atoms with E-state index in [1.165, 1.54) is 0 Å². The van der Waals surface area contributed by atoms with Gasteiger partial charge in [-0.2, -0.15) is 17.6 Å². The molecule has 0 amide bonds. The minimum atomic E-state index is -5.61. The molecule has 0 aliphatic carbocycles. The Morgan fingerprint density at radius 2 is 1.72 bits per heavy atom. The molecule has 1 rings (SSSR count). The van der Waals surface area contributed by atoms with Crippen LogP contribution in [-0.2, 0) is 5.92 Å². The van der Waals surface area contributed by atoms with Gasteiger partial charge in [-0.25, -0.2) is 8.78 Å². The predicted octanol–water partition coefficient (Wildman–Crippen LogP) is 3.59. The third-order valence-corrected chi connectivity index (χ3v) is 2.11. The van der Waals surface area contributed by atoms with E-state index >= 15 is 0 Å². The van der Waals surface area contributed by atoms with Crippen LogP contribution in [0.5, 0.6) is 0 Å². The standard InChI is InChI=1S/C9H5F6NO2/c10-7(11)9(14,15)8(12,13)5-2-1-3-6(4-5)16(17)18/h1-4,7H. The van der Waals surface area contributed by atoms with Crippen LogP contribution in [0.2, 0.25) is 0 Å². The fourth-order valence-electron chi connectivity index (χ4n) is 1.14. The molecular formula is C9H5F6NO2. The summed E-state index contributed by atoms with van der Waals surface area (Å²) < 4.78 is 75.5. The van der Waals surface area contributed by atoms with E-state index < -0.39 is 34.4 Å². The molecule has 0 unspecified atom stereocenters. The van der Waals surface area contributed by atoms with Gasteiger partial charge in [0.1, 0.15) is 0 Å². The van der Waals surface area contributed by atoms with Gasteiger partial charge in [0.2, 0.25) is 0 Å². The van der Waals surface area contributed by atoms with Crippen molar-refractivity contribution < 1.29 is 31.3 Å². The van der Waals surface area contributed by atoms with Crippen LogP contribution in [0.15, 0.2) is 24.3 Å². The van der Waals surface area contributed by atoms with Gasteiger partial charge in [0.15, 0.2) is 0 Å². The van der Waals surface area contributed by atoms with Gasteiger partial charge in [0.25, 0.3) is 5.69 Å². The van der Waals surface area contributed by atoms with E-state index in [-0.39, 0.29) is 6.07 Å². The molecule has 0 N–H and O–H groups in total. The van der Waals surface area contributed by atoms with Gasteiger partial charge in [-0.05, 0) is 0 Å². The average Bonchev–Trinajstić information content (AvgIpc) is 2.28. The molecule has 0 aliphatic heterocycles. The van der Waals surface area contributed by atoms with Gasteiger partial charge >= 0.3 is 18.3 Å². The zero-order chi connectivity index (χ0) is 14.1. The van der Waals surface area contributed by atoms with Crippen LogP contribution in [0.4, 0.5) is 32.0 Å². The first-order valence-corrected chi connectivity index (χ1v) is 4.39. The van der Waals surface area contributed by atoms with E-state index in [9.17, 15) is 36.5 Å². The lowest BCUT2D eigenvalue weighted by atomic mass is 10.0. The number of nitro benzene ring substituents is 1. The van der Waals surface area contributed by atoms with E-state index in [4.69, 9.17) is 0 Å². The molecule has 18 heavy (non-hydrogen) atoms. The van der Waals surface area contributed by atoms with E-state index in [0.29, 0.717) is 12.1 Å². The molecular weight excluding hydrogens is 268 g/mol. The average molecular weight is 273 g/mol. The molecule has 0 spiro atoms. The van der Waals surface area contributed by atoms with Gasteiger partial charge in [0.05, 0.1) is 4.92 Å². The Balaban J connectivity index is 3.28. The molecule has 0 aliphatic rings. The number of non-ortho nitro benzene ring substituents is 1. The van der Waals surface area contributed by atoms with Crippen molar-refractivity contribution in [3.8, 4) is 0 Å². The third-order valence-electron chi connectivity index (χ3n) is 2.11.